The van der Waals surface area contributed by atoms with Gasteiger partial charge in [-0.1, -0.05) is 11.6 Å². The molecular weight excluding hydrogens is 311 g/mol. The zero-order valence-corrected chi connectivity index (χ0v) is 10.9. The molecule has 1 heterocycles. The van der Waals surface area contributed by atoms with Crippen LogP contribution in [0.25, 0.3) is 0 Å². The Labute approximate surface area is 121 Å². The predicted octanol–water partition coefficient (Wildman–Crippen LogP) is 4.24. The van der Waals surface area contributed by atoms with E-state index in [0.29, 0.717) is 0 Å². The van der Waals surface area contributed by atoms with E-state index in [9.17, 15) is 18.0 Å². The van der Waals surface area contributed by atoms with Crippen molar-refractivity contribution >= 4 is 17.6 Å². The fraction of sp³-hybridized carbons (Fsp3) is 0.0769. The molecule has 1 aromatic heterocycles. The number of hydrogen-bond donors (Lipinski definition) is 1. The molecule has 2 rings (SSSR count). The average molecular weight is 318 g/mol. The molecular formula is C13H7ClF3NO3. The van der Waals surface area contributed by atoms with Crippen LogP contribution in [0.4, 0.5) is 13.2 Å². The average Bonchev–Trinajstić information content (AvgIpc) is 2.40. The molecule has 0 saturated heterocycles. The summed E-state index contributed by atoms with van der Waals surface area (Å²) >= 11 is 5.64. The van der Waals surface area contributed by atoms with Gasteiger partial charge in [-0.05, 0) is 24.3 Å². The Balaban J connectivity index is 2.22. The summed E-state index contributed by atoms with van der Waals surface area (Å²) in [6.45, 7) is 0. The Hall–Kier alpha value is -2.28. The lowest BCUT2D eigenvalue weighted by Gasteiger charge is -2.09. The van der Waals surface area contributed by atoms with E-state index in [1.165, 1.54) is 0 Å². The van der Waals surface area contributed by atoms with Crippen LogP contribution >= 0.6 is 11.6 Å². The van der Waals surface area contributed by atoms with Gasteiger partial charge < -0.3 is 9.84 Å². The second kappa shape index (κ2) is 5.61. The third kappa shape index (κ3) is 3.63. The first-order valence-electron chi connectivity index (χ1n) is 5.51. The highest BCUT2D eigenvalue weighted by atomic mass is 35.5. The highest BCUT2D eigenvalue weighted by molar-refractivity contribution is 6.33. The van der Waals surface area contributed by atoms with Gasteiger partial charge in [-0.25, -0.2) is 9.78 Å². The monoisotopic (exact) mass is 317 g/mol. The van der Waals surface area contributed by atoms with Gasteiger partial charge in [0.25, 0.3) is 0 Å². The molecule has 1 N–H and O–H groups in total. The van der Waals surface area contributed by atoms with E-state index in [-0.39, 0.29) is 22.2 Å². The summed E-state index contributed by atoms with van der Waals surface area (Å²) in [4.78, 5) is 14.6. The van der Waals surface area contributed by atoms with E-state index < -0.39 is 17.7 Å². The Morgan fingerprint density at radius 1 is 1.24 bits per heavy atom. The molecule has 0 saturated carbocycles. The number of aromatic carboxylic acids is 1. The normalized spacial score (nSPS) is 11.2. The van der Waals surface area contributed by atoms with Crippen molar-refractivity contribution in [1.29, 1.82) is 0 Å². The van der Waals surface area contributed by atoms with Gasteiger partial charge in [0.05, 0.1) is 22.3 Å². The second-order valence-corrected chi connectivity index (χ2v) is 4.34. The van der Waals surface area contributed by atoms with Crippen LogP contribution in [-0.2, 0) is 6.18 Å². The molecule has 0 spiro atoms. The fourth-order valence-corrected chi connectivity index (χ4v) is 1.66. The minimum atomic E-state index is -4.44. The Morgan fingerprint density at radius 2 is 1.86 bits per heavy atom. The van der Waals surface area contributed by atoms with E-state index in [0.717, 1.165) is 36.5 Å². The van der Waals surface area contributed by atoms with Gasteiger partial charge in [0.1, 0.15) is 5.75 Å². The molecule has 4 nitrogen and oxygen atoms in total. The van der Waals surface area contributed by atoms with Crippen LogP contribution < -0.4 is 4.74 Å². The quantitative estimate of drug-likeness (QED) is 0.919. The number of aromatic nitrogens is 1. The van der Waals surface area contributed by atoms with Crippen molar-refractivity contribution in [2.75, 3.05) is 0 Å². The number of alkyl halides is 3. The zero-order valence-electron chi connectivity index (χ0n) is 10.2. The predicted molar refractivity (Wildman–Crippen MR) is 67.7 cm³/mol. The van der Waals surface area contributed by atoms with Gasteiger partial charge in [-0.2, -0.15) is 13.2 Å². The molecule has 0 atom stereocenters. The van der Waals surface area contributed by atoms with Crippen LogP contribution in [0.15, 0.2) is 36.5 Å². The summed E-state index contributed by atoms with van der Waals surface area (Å²) in [7, 11) is 0. The molecule has 2 aromatic rings. The van der Waals surface area contributed by atoms with E-state index in [1.54, 1.807) is 0 Å². The topological polar surface area (TPSA) is 59.4 Å². The van der Waals surface area contributed by atoms with E-state index in [2.05, 4.69) is 4.98 Å². The van der Waals surface area contributed by atoms with Crippen molar-refractivity contribution in [1.82, 2.24) is 4.98 Å². The van der Waals surface area contributed by atoms with Gasteiger partial charge in [-0.3, -0.25) is 0 Å². The maximum atomic E-state index is 12.4. The third-order valence-corrected chi connectivity index (χ3v) is 2.77. The second-order valence-electron chi connectivity index (χ2n) is 3.93. The largest absolute Gasteiger partial charge is 0.478 e. The first kappa shape index (κ1) is 15.1. The Morgan fingerprint density at radius 3 is 2.38 bits per heavy atom. The fourth-order valence-electron chi connectivity index (χ4n) is 1.47. The number of nitrogens with zero attached hydrogens (tertiary/aromatic N) is 1. The van der Waals surface area contributed by atoms with E-state index in [4.69, 9.17) is 21.4 Å². The molecule has 0 amide bonds. The molecule has 0 aliphatic rings. The maximum Gasteiger partial charge on any atom is 0.416 e. The third-order valence-electron chi connectivity index (χ3n) is 2.46. The summed E-state index contributed by atoms with van der Waals surface area (Å²) in [5, 5.41) is 8.82. The van der Waals surface area contributed by atoms with Gasteiger partial charge in [0, 0.05) is 6.07 Å². The summed E-state index contributed by atoms with van der Waals surface area (Å²) in [6, 6.07) is 5.01. The highest BCUT2D eigenvalue weighted by Gasteiger charge is 2.30. The summed E-state index contributed by atoms with van der Waals surface area (Å²) in [5.74, 6) is -1.26. The van der Waals surface area contributed by atoms with Crippen LogP contribution in [0, 0.1) is 0 Å². The molecule has 110 valence electrons. The van der Waals surface area contributed by atoms with Crippen molar-refractivity contribution in [3.63, 3.8) is 0 Å². The lowest BCUT2D eigenvalue weighted by atomic mass is 10.2. The van der Waals surface area contributed by atoms with Gasteiger partial charge >= 0.3 is 12.1 Å². The van der Waals surface area contributed by atoms with Crippen LogP contribution in [0.2, 0.25) is 5.02 Å². The van der Waals surface area contributed by atoms with Crippen molar-refractivity contribution in [2.24, 2.45) is 0 Å². The SMILES string of the molecule is O=C(O)c1cc(Oc2ccc(C(F)(F)F)cc2)ncc1Cl. The number of ether oxygens (including phenoxy) is 1. The van der Waals surface area contributed by atoms with Crippen LogP contribution in [0.5, 0.6) is 11.6 Å². The minimum Gasteiger partial charge on any atom is -0.478 e. The zero-order chi connectivity index (χ0) is 15.6. The number of benzene rings is 1. The van der Waals surface area contributed by atoms with Crippen molar-refractivity contribution < 1.29 is 27.8 Å². The Kier molecular flexibility index (Phi) is 4.04. The first-order chi connectivity index (χ1) is 9.77. The smallest absolute Gasteiger partial charge is 0.416 e. The molecule has 1 aromatic carbocycles. The number of pyridine rings is 1. The molecule has 0 aliphatic carbocycles. The number of carbonyl (C=O) groups is 1. The summed E-state index contributed by atoms with van der Waals surface area (Å²) in [6.07, 6.45) is -3.35. The molecule has 0 aliphatic heterocycles. The van der Waals surface area contributed by atoms with E-state index >= 15 is 0 Å². The van der Waals surface area contributed by atoms with Gasteiger partial charge in [0.15, 0.2) is 0 Å². The molecule has 0 bridgehead atoms. The Bertz CT molecular complexity index is 671. The number of hydrogen-bond acceptors (Lipinski definition) is 3. The lowest BCUT2D eigenvalue weighted by Crippen LogP contribution is -2.04. The number of carboxylic acid groups (broad SMARTS) is 1. The van der Waals surface area contributed by atoms with E-state index in [1.807, 2.05) is 0 Å². The first-order valence-corrected chi connectivity index (χ1v) is 5.89. The molecule has 0 unspecified atom stereocenters. The number of carboxylic acids is 1. The summed E-state index contributed by atoms with van der Waals surface area (Å²) < 4.78 is 42.4. The highest BCUT2D eigenvalue weighted by Crippen LogP contribution is 2.31. The van der Waals surface area contributed by atoms with Gasteiger partial charge in [-0.15, -0.1) is 0 Å². The number of rotatable bonds is 3. The van der Waals surface area contributed by atoms with Crippen LogP contribution in [-0.4, -0.2) is 16.1 Å². The molecule has 0 fully saturated rings. The maximum absolute atomic E-state index is 12.4. The summed E-state index contributed by atoms with van der Waals surface area (Å²) in [5.41, 5.74) is -1.03. The molecule has 0 radical (unpaired) electrons. The van der Waals surface area contributed by atoms with Crippen LogP contribution in [0.1, 0.15) is 15.9 Å². The van der Waals surface area contributed by atoms with Crippen molar-refractivity contribution in [3.8, 4) is 11.6 Å². The number of halogens is 4. The van der Waals surface area contributed by atoms with Crippen LogP contribution in [0.3, 0.4) is 0 Å². The molecule has 21 heavy (non-hydrogen) atoms. The van der Waals surface area contributed by atoms with Gasteiger partial charge in [0.2, 0.25) is 5.88 Å². The molecule has 8 heteroatoms. The standard InChI is InChI=1S/C13H7ClF3NO3/c14-10-6-18-11(5-9(10)12(19)20)21-8-3-1-7(2-4-8)13(15,16)17/h1-6H,(H,19,20). The van der Waals surface area contributed by atoms with Crippen molar-refractivity contribution in [2.45, 2.75) is 6.18 Å². The lowest BCUT2D eigenvalue weighted by molar-refractivity contribution is -0.137. The minimum absolute atomic E-state index is 0.0673. The van der Waals surface area contributed by atoms with Crippen molar-refractivity contribution in [3.05, 3.63) is 52.7 Å².